The van der Waals surface area contributed by atoms with E-state index in [1.165, 1.54) is 18.7 Å². The van der Waals surface area contributed by atoms with Crippen LogP contribution in [0.1, 0.15) is 29.1 Å². The van der Waals surface area contributed by atoms with Crippen LogP contribution >= 0.6 is 54.5 Å². The Bertz CT molecular complexity index is 493. The first-order valence-corrected chi connectivity index (χ1v) is 9.24. The van der Waals surface area contributed by atoms with Gasteiger partial charge in [0.2, 0.25) is 0 Å². The van der Waals surface area contributed by atoms with Crippen LogP contribution in [0.5, 0.6) is 0 Å². The molecule has 0 aliphatic heterocycles. The third-order valence-corrected chi connectivity index (χ3v) is 6.41. The fraction of sp³-hybridized carbons (Fsp3) is 0.385. The second-order valence-corrected chi connectivity index (χ2v) is 7.78. The smallest absolute Gasteiger partial charge is 0.0464 e. The highest BCUT2D eigenvalue weighted by molar-refractivity contribution is 9.10. The van der Waals surface area contributed by atoms with Gasteiger partial charge in [-0.2, -0.15) is 0 Å². The first-order valence-electron chi connectivity index (χ1n) is 5.90. The van der Waals surface area contributed by atoms with E-state index in [1.807, 2.05) is 22.7 Å². The van der Waals surface area contributed by atoms with Crippen LogP contribution in [0.4, 0.5) is 0 Å². The molecular weight excluding hydrogens is 394 g/mol. The van der Waals surface area contributed by atoms with Crippen molar-refractivity contribution in [1.29, 1.82) is 0 Å². The van der Waals surface area contributed by atoms with Crippen molar-refractivity contribution < 1.29 is 0 Å². The molecule has 1 unspecified atom stereocenters. The van der Waals surface area contributed by atoms with Gasteiger partial charge in [-0.1, -0.05) is 6.92 Å². The molecule has 2 aromatic rings. The van der Waals surface area contributed by atoms with Gasteiger partial charge >= 0.3 is 0 Å². The van der Waals surface area contributed by atoms with Gasteiger partial charge in [0.15, 0.2) is 0 Å². The van der Waals surface area contributed by atoms with Crippen molar-refractivity contribution in [1.82, 2.24) is 5.32 Å². The molecule has 0 spiro atoms. The van der Waals surface area contributed by atoms with Crippen molar-refractivity contribution in [2.45, 2.75) is 25.8 Å². The SMILES string of the molecule is CCCNC(Cc1sccc1Br)c1cc(Br)cs1. The second-order valence-electron chi connectivity index (χ2n) is 4.07. The second kappa shape index (κ2) is 7.20. The van der Waals surface area contributed by atoms with E-state index in [1.54, 1.807) is 0 Å². The Morgan fingerprint density at radius 1 is 1.33 bits per heavy atom. The summed E-state index contributed by atoms with van der Waals surface area (Å²) in [4.78, 5) is 2.81. The molecule has 1 nitrogen and oxygen atoms in total. The van der Waals surface area contributed by atoms with Crippen LogP contribution in [-0.4, -0.2) is 6.54 Å². The monoisotopic (exact) mass is 407 g/mol. The Morgan fingerprint density at radius 2 is 2.17 bits per heavy atom. The van der Waals surface area contributed by atoms with Crippen molar-refractivity contribution >= 4 is 54.5 Å². The van der Waals surface area contributed by atoms with Gasteiger partial charge in [0.25, 0.3) is 0 Å². The summed E-state index contributed by atoms with van der Waals surface area (Å²) in [7, 11) is 0. The predicted octanol–water partition coefficient (Wildman–Crippen LogP) is 5.62. The van der Waals surface area contributed by atoms with Crippen LogP contribution in [-0.2, 0) is 6.42 Å². The van der Waals surface area contributed by atoms with Crippen LogP contribution in [0.15, 0.2) is 31.8 Å². The minimum Gasteiger partial charge on any atom is -0.309 e. The van der Waals surface area contributed by atoms with Crippen LogP contribution in [0.3, 0.4) is 0 Å². The molecule has 5 heteroatoms. The standard InChI is InChI=1S/C13H15Br2NS2/c1-2-4-16-11(13-6-9(14)8-18-13)7-12-10(15)3-5-17-12/h3,5-6,8,11,16H,2,4,7H2,1H3. The number of nitrogens with one attached hydrogen (secondary N) is 1. The van der Waals surface area contributed by atoms with E-state index >= 15 is 0 Å². The molecule has 98 valence electrons. The maximum absolute atomic E-state index is 3.64. The normalized spacial score (nSPS) is 12.8. The maximum Gasteiger partial charge on any atom is 0.0464 e. The summed E-state index contributed by atoms with van der Waals surface area (Å²) in [6.45, 7) is 3.26. The molecule has 18 heavy (non-hydrogen) atoms. The molecule has 0 amide bonds. The van der Waals surface area contributed by atoms with Gasteiger partial charge in [-0.15, -0.1) is 22.7 Å². The molecule has 2 aromatic heterocycles. The van der Waals surface area contributed by atoms with Crippen LogP contribution < -0.4 is 5.32 Å². The zero-order valence-electron chi connectivity index (χ0n) is 10.1. The molecule has 0 radical (unpaired) electrons. The summed E-state index contributed by atoms with van der Waals surface area (Å²) in [5, 5.41) is 7.93. The van der Waals surface area contributed by atoms with Gasteiger partial charge in [0.1, 0.15) is 0 Å². The Hall–Kier alpha value is 0.320. The lowest BCUT2D eigenvalue weighted by molar-refractivity contribution is 0.539. The molecule has 1 N–H and O–H groups in total. The fourth-order valence-electron chi connectivity index (χ4n) is 1.76. The minimum absolute atomic E-state index is 0.413. The summed E-state index contributed by atoms with van der Waals surface area (Å²) in [6, 6.07) is 4.76. The lowest BCUT2D eigenvalue weighted by atomic mass is 10.1. The topological polar surface area (TPSA) is 12.0 Å². The van der Waals surface area contributed by atoms with E-state index in [0.717, 1.165) is 19.4 Å². The summed E-state index contributed by atoms with van der Waals surface area (Å²) < 4.78 is 2.41. The minimum atomic E-state index is 0.413. The molecule has 0 aliphatic carbocycles. The average Bonchev–Trinajstić information content (AvgIpc) is 2.94. The fourth-order valence-corrected chi connectivity index (χ4v) is 4.84. The number of rotatable bonds is 6. The first-order chi connectivity index (χ1) is 8.70. The highest BCUT2D eigenvalue weighted by Gasteiger charge is 2.15. The average molecular weight is 409 g/mol. The van der Waals surface area contributed by atoms with Gasteiger partial charge in [-0.05, 0) is 62.3 Å². The van der Waals surface area contributed by atoms with Gasteiger partial charge < -0.3 is 5.32 Å². The molecular formula is C13H15Br2NS2. The summed E-state index contributed by atoms with van der Waals surface area (Å²) >= 11 is 10.8. The largest absolute Gasteiger partial charge is 0.309 e. The van der Waals surface area contributed by atoms with E-state index < -0.39 is 0 Å². The van der Waals surface area contributed by atoms with E-state index in [-0.39, 0.29) is 0 Å². The molecule has 0 aromatic carbocycles. The van der Waals surface area contributed by atoms with Gasteiger partial charge in [0, 0.05) is 36.5 Å². The zero-order valence-corrected chi connectivity index (χ0v) is 14.9. The van der Waals surface area contributed by atoms with Crippen molar-refractivity contribution in [3.8, 4) is 0 Å². The molecule has 1 atom stereocenters. The Morgan fingerprint density at radius 3 is 2.72 bits per heavy atom. The van der Waals surface area contributed by atoms with Gasteiger partial charge in [0.05, 0.1) is 0 Å². The molecule has 2 heterocycles. The zero-order chi connectivity index (χ0) is 13.0. The molecule has 0 aliphatic rings. The Labute approximate surface area is 133 Å². The quantitative estimate of drug-likeness (QED) is 0.654. The van der Waals surface area contributed by atoms with E-state index in [0.29, 0.717) is 6.04 Å². The van der Waals surface area contributed by atoms with Crippen LogP contribution in [0.2, 0.25) is 0 Å². The van der Waals surface area contributed by atoms with Gasteiger partial charge in [-0.3, -0.25) is 0 Å². The van der Waals surface area contributed by atoms with E-state index in [4.69, 9.17) is 0 Å². The number of hydrogen-bond acceptors (Lipinski definition) is 3. The highest BCUT2D eigenvalue weighted by Crippen LogP contribution is 2.32. The van der Waals surface area contributed by atoms with E-state index in [2.05, 4.69) is 67.0 Å². The third-order valence-electron chi connectivity index (χ3n) is 2.65. The maximum atomic E-state index is 3.64. The Balaban J connectivity index is 2.12. The Kier molecular flexibility index (Phi) is 5.89. The lowest BCUT2D eigenvalue weighted by Gasteiger charge is -2.16. The summed E-state index contributed by atoms with van der Waals surface area (Å²) in [6.07, 6.45) is 2.21. The molecule has 0 bridgehead atoms. The summed E-state index contributed by atoms with van der Waals surface area (Å²) in [5.74, 6) is 0. The lowest BCUT2D eigenvalue weighted by Crippen LogP contribution is -2.23. The third kappa shape index (κ3) is 3.90. The number of thiophene rings is 2. The molecule has 0 saturated carbocycles. The first kappa shape index (κ1) is 14.7. The van der Waals surface area contributed by atoms with E-state index in [9.17, 15) is 0 Å². The molecule has 2 rings (SSSR count). The van der Waals surface area contributed by atoms with Crippen molar-refractivity contribution in [2.75, 3.05) is 6.54 Å². The van der Waals surface area contributed by atoms with Crippen molar-refractivity contribution in [3.63, 3.8) is 0 Å². The highest BCUT2D eigenvalue weighted by atomic mass is 79.9. The number of halogens is 2. The molecule has 0 fully saturated rings. The van der Waals surface area contributed by atoms with Gasteiger partial charge in [-0.25, -0.2) is 0 Å². The van der Waals surface area contributed by atoms with Crippen molar-refractivity contribution in [2.24, 2.45) is 0 Å². The predicted molar refractivity (Wildman–Crippen MR) is 88.8 cm³/mol. The summed E-state index contributed by atoms with van der Waals surface area (Å²) in [5.41, 5.74) is 0. The van der Waals surface area contributed by atoms with Crippen molar-refractivity contribution in [3.05, 3.63) is 41.6 Å². The van der Waals surface area contributed by atoms with Crippen LogP contribution in [0, 0.1) is 0 Å². The number of hydrogen-bond donors (Lipinski definition) is 1. The van der Waals surface area contributed by atoms with Crippen LogP contribution in [0.25, 0.3) is 0 Å². The molecule has 0 saturated heterocycles.